The van der Waals surface area contributed by atoms with Crippen molar-refractivity contribution in [2.45, 2.75) is 32.5 Å². The fourth-order valence-corrected chi connectivity index (χ4v) is 2.04. The van der Waals surface area contributed by atoms with Crippen molar-refractivity contribution < 1.29 is 10.2 Å². The van der Waals surface area contributed by atoms with Crippen LogP contribution < -0.4 is 11.1 Å². The molecule has 0 amide bonds. The third-order valence-electron chi connectivity index (χ3n) is 3.26. The molecular formula is C18H21N5O2. The summed E-state index contributed by atoms with van der Waals surface area (Å²) in [6, 6.07) is 6.79. The van der Waals surface area contributed by atoms with Crippen molar-refractivity contribution in [3.8, 4) is 11.8 Å². The quantitative estimate of drug-likeness (QED) is 0.426. The molecule has 7 nitrogen and oxygen atoms in total. The Morgan fingerprint density at radius 3 is 2.68 bits per heavy atom. The average molecular weight is 339 g/mol. The zero-order valence-corrected chi connectivity index (χ0v) is 14.3. The number of nitrogen functional groups attached to an aromatic ring is 1. The van der Waals surface area contributed by atoms with Crippen LogP contribution in [0.25, 0.3) is 0 Å². The van der Waals surface area contributed by atoms with Gasteiger partial charge in [-0.2, -0.15) is 4.98 Å². The second-order valence-electron chi connectivity index (χ2n) is 6.06. The van der Waals surface area contributed by atoms with Gasteiger partial charge in [0.25, 0.3) is 0 Å². The lowest BCUT2D eigenvalue weighted by Crippen LogP contribution is -2.31. The third-order valence-corrected chi connectivity index (χ3v) is 3.26. The van der Waals surface area contributed by atoms with E-state index >= 15 is 0 Å². The molecule has 1 atom stereocenters. The van der Waals surface area contributed by atoms with Gasteiger partial charge < -0.3 is 26.7 Å². The second-order valence-corrected chi connectivity index (χ2v) is 6.06. The lowest BCUT2D eigenvalue weighted by molar-refractivity contribution is 0.153. The molecule has 0 aliphatic carbocycles. The first kappa shape index (κ1) is 18.4. The maximum absolute atomic E-state index is 10.2. The zero-order valence-electron chi connectivity index (χ0n) is 14.3. The molecule has 6 N–H and O–H groups in total. The van der Waals surface area contributed by atoms with E-state index in [-0.39, 0.29) is 11.7 Å². The van der Waals surface area contributed by atoms with Gasteiger partial charge >= 0.3 is 0 Å². The Balaban J connectivity index is 2.49. The van der Waals surface area contributed by atoms with Crippen LogP contribution in [0.3, 0.4) is 0 Å². The first-order valence-electron chi connectivity index (χ1n) is 7.68. The molecule has 0 bridgehead atoms. The lowest BCUT2D eigenvalue weighted by atomic mass is 9.93. The highest BCUT2D eigenvalue weighted by molar-refractivity contribution is 6.08. The Labute approximate surface area is 146 Å². The largest absolute Gasteiger partial charge is 0.384 e. The molecule has 1 heterocycles. The SMILES string of the molecule is CC(O)C#Cc1ccc(C(=N)C(C)(C)O)c(Nc2ccnc(N)n2)c1. The highest BCUT2D eigenvalue weighted by Crippen LogP contribution is 2.25. The van der Waals surface area contributed by atoms with Crippen LogP contribution in [0.2, 0.25) is 0 Å². The monoisotopic (exact) mass is 339 g/mol. The number of hydrogen-bond donors (Lipinski definition) is 5. The summed E-state index contributed by atoms with van der Waals surface area (Å²) < 4.78 is 0. The predicted octanol–water partition coefficient (Wildman–Crippen LogP) is 1.67. The molecule has 130 valence electrons. The standard InChI is InChI=1S/C18H21N5O2/c1-11(24)4-5-12-6-7-13(16(19)18(2,3)25)14(10-12)22-15-8-9-21-17(20)23-15/h6-11,19,24-25H,1-3H3,(H3,20,21,22,23). The number of benzene rings is 1. The minimum Gasteiger partial charge on any atom is -0.384 e. The summed E-state index contributed by atoms with van der Waals surface area (Å²) in [6.45, 7) is 4.67. The minimum absolute atomic E-state index is 0.0482. The highest BCUT2D eigenvalue weighted by atomic mass is 16.3. The molecule has 1 aromatic heterocycles. The van der Waals surface area contributed by atoms with Crippen molar-refractivity contribution in [1.82, 2.24) is 9.97 Å². The van der Waals surface area contributed by atoms with E-state index in [0.717, 1.165) is 0 Å². The number of aliphatic hydroxyl groups is 2. The smallest absolute Gasteiger partial charge is 0.221 e. The average Bonchev–Trinajstić information content (AvgIpc) is 2.51. The number of anilines is 3. The van der Waals surface area contributed by atoms with E-state index in [0.29, 0.717) is 22.6 Å². The number of nitrogens with two attached hydrogens (primary N) is 1. The van der Waals surface area contributed by atoms with E-state index in [1.807, 2.05) is 0 Å². The molecule has 0 aliphatic heterocycles. The first-order valence-corrected chi connectivity index (χ1v) is 7.68. The van der Waals surface area contributed by atoms with Crippen LogP contribution in [0, 0.1) is 17.3 Å². The summed E-state index contributed by atoms with van der Waals surface area (Å²) in [5, 5.41) is 30.8. The molecular weight excluding hydrogens is 318 g/mol. The highest BCUT2D eigenvalue weighted by Gasteiger charge is 2.23. The van der Waals surface area contributed by atoms with Crippen LogP contribution in [0.15, 0.2) is 30.5 Å². The van der Waals surface area contributed by atoms with Crippen LogP contribution in [-0.4, -0.2) is 37.6 Å². The number of aliphatic hydroxyl groups excluding tert-OH is 1. The van der Waals surface area contributed by atoms with Gasteiger partial charge in [-0.25, -0.2) is 4.98 Å². The molecule has 0 saturated carbocycles. The number of hydrogen-bond acceptors (Lipinski definition) is 7. The van der Waals surface area contributed by atoms with Gasteiger partial charge in [0.1, 0.15) is 17.5 Å². The molecule has 0 aliphatic rings. The van der Waals surface area contributed by atoms with Gasteiger partial charge in [0.15, 0.2) is 0 Å². The first-order chi connectivity index (χ1) is 11.7. The minimum atomic E-state index is -1.31. The molecule has 2 aromatic rings. The van der Waals surface area contributed by atoms with E-state index in [2.05, 4.69) is 27.1 Å². The summed E-state index contributed by atoms with van der Waals surface area (Å²) in [5.41, 5.74) is 6.03. The molecule has 1 unspecified atom stereocenters. The van der Waals surface area contributed by atoms with E-state index in [1.54, 1.807) is 45.0 Å². The second kappa shape index (κ2) is 7.30. The fraction of sp³-hybridized carbons (Fsp3) is 0.278. The van der Waals surface area contributed by atoms with E-state index < -0.39 is 11.7 Å². The molecule has 25 heavy (non-hydrogen) atoms. The van der Waals surface area contributed by atoms with E-state index in [1.165, 1.54) is 6.20 Å². The lowest BCUT2D eigenvalue weighted by Gasteiger charge is -2.21. The maximum Gasteiger partial charge on any atom is 0.221 e. The molecule has 0 fully saturated rings. The van der Waals surface area contributed by atoms with Crippen LogP contribution in [-0.2, 0) is 0 Å². The number of nitrogens with zero attached hydrogens (tertiary/aromatic N) is 2. The molecule has 0 saturated heterocycles. The van der Waals surface area contributed by atoms with Crippen molar-refractivity contribution in [1.29, 1.82) is 5.41 Å². The Kier molecular flexibility index (Phi) is 5.37. The topological polar surface area (TPSA) is 128 Å². The van der Waals surface area contributed by atoms with Gasteiger partial charge in [0.05, 0.1) is 11.4 Å². The maximum atomic E-state index is 10.2. The van der Waals surface area contributed by atoms with Crippen molar-refractivity contribution in [3.63, 3.8) is 0 Å². The van der Waals surface area contributed by atoms with E-state index in [9.17, 15) is 10.2 Å². The summed E-state index contributed by atoms with van der Waals surface area (Å²) in [7, 11) is 0. The molecule has 0 spiro atoms. The van der Waals surface area contributed by atoms with Crippen LogP contribution in [0.5, 0.6) is 0 Å². The normalized spacial score (nSPS) is 12.0. The van der Waals surface area contributed by atoms with Gasteiger partial charge in [0, 0.05) is 17.3 Å². The Hall–Kier alpha value is -2.95. The van der Waals surface area contributed by atoms with Gasteiger partial charge in [-0.15, -0.1) is 0 Å². The Morgan fingerprint density at radius 1 is 1.36 bits per heavy atom. The van der Waals surface area contributed by atoms with Crippen molar-refractivity contribution in [2.24, 2.45) is 0 Å². The van der Waals surface area contributed by atoms with Gasteiger partial charge in [-0.1, -0.05) is 11.8 Å². The molecule has 0 radical (unpaired) electrons. The molecule has 2 rings (SSSR count). The van der Waals surface area contributed by atoms with Crippen molar-refractivity contribution in [3.05, 3.63) is 41.6 Å². The van der Waals surface area contributed by atoms with E-state index in [4.69, 9.17) is 11.1 Å². The zero-order chi connectivity index (χ0) is 18.6. The van der Waals surface area contributed by atoms with Crippen LogP contribution in [0.4, 0.5) is 17.5 Å². The number of aromatic nitrogens is 2. The van der Waals surface area contributed by atoms with Crippen molar-refractivity contribution >= 4 is 23.2 Å². The number of nitrogens with one attached hydrogen (secondary N) is 2. The summed E-state index contributed by atoms with van der Waals surface area (Å²) in [6.07, 6.45) is 0.773. The molecule has 7 heteroatoms. The fourth-order valence-electron chi connectivity index (χ4n) is 2.04. The predicted molar refractivity (Wildman–Crippen MR) is 97.9 cm³/mol. The third kappa shape index (κ3) is 5.01. The van der Waals surface area contributed by atoms with Crippen LogP contribution >= 0.6 is 0 Å². The van der Waals surface area contributed by atoms with Gasteiger partial charge in [0.2, 0.25) is 5.95 Å². The van der Waals surface area contributed by atoms with Gasteiger partial charge in [-0.3, -0.25) is 0 Å². The summed E-state index contributed by atoms with van der Waals surface area (Å²) >= 11 is 0. The van der Waals surface area contributed by atoms with Crippen molar-refractivity contribution in [2.75, 3.05) is 11.1 Å². The summed E-state index contributed by atoms with van der Waals surface area (Å²) in [4.78, 5) is 7.92. The number of rotatable bonds is 4. The molecule has 1 aromatic carbocycles. The summed E-state index contributed by atoms with van der Waals surface area (Å²) in [5.74, 6) is 6.10. The Morgan fingerprint density at radius 2 is 2.08 bits per heavy atom. The van der Waals surface area contributed by atoms with Crippen LogP contribution in [0.1, 0.15) is 31.9 Å². The van der Waals surface area contributed by atoms with Gasteiger partial charge in [-0.05, 0) is 45.0 Å². The Bertz CT molecular complexity index is 845.